The zero-order chi connectivity index (χ0) is 16.8. The Hall–Kier alpha value is -3.05. The van der Waals surface area contributed by atoms with Crippen molar-refractivity contribution in [1.82, 2.24) is 4.98 Å². The first-order valence-electron chi connectivity index (χ1n) is 7.31. The molecule has 0 fully saturated rings. The first-order valence-corrected chi connectivity index (χ1v) is 7.69. The zero-order valence-electron chi connectivity index (χ0n) is 12.7. The summed E-state index contributed by atoms with van der Waals surface area (Å²) < 4.78 is 0. The Morgan fingerprint density at radius 2 is 1.58 bits per heavy atom. The van der Waals surface area contributed by atoms with E-state index in [1.54, 1.807) is 18.3 Å². The molecule has 0 aliphatic heterocycles. The number of aromatic nitrogens is 1. The molecule has 0 atom stereocenters. The third-order valence-corrected chi connectivity index (χ3v) is 3.52. The van der Waals surface area contributed by atoms with Crippen LogP contribution in [0.25, 0.3) is 0 Å². The third-order valence-electron chi connectivity index (χ3n) is 3.19. The Labute approximate surface area is 144 Å². The number of amides is 2. The van der Waals surface area contributed by atoms with E-state index in [-0.39, 0.29) is 6.03 Å². The molecule has 2 amide bonds. The van der Waals surface area contributed by atoms with Gasteiger partial charge in [-0.05, 0) is 36.4 Å². The summed E-state index contributed by atoms with van der Waals surface area (Å²) in [4.78, 5) is 16.1. The molecule has 3 N–H and O–H groups in total. The number of carbonyl (C=O) groups excluding carboxylic acids is 1. The summed E-state index contributed by atoms with van der Waals surface area (Å²) in [5, 5.41) is 9.20. The average molecular weight is 339 g/mol. The summed E-state index contributed by atoms with van der Waals surface area (Å²) in [5.41, 5.74) is 2.28. The number of rotatable bonds is 4. The molecule has 0 saturated carbocycles. The van der Waals surface area contributed by atoms with Crippen LogP contribution in [0.1, 0.15) is 0 Å². The van der Waals surface area contributed by atoms with E-state index in [1.165, 1.54) is 0 Å². The molecule has 0 radical (unpaired) electrons. The summed E-state index contributed by atoms with van der Waals surface area (Å²) >= 11 is 6.10. The van der Waals surface area contributed by atoms with E-state index in [2.05, 4.69) is 20.9 Å². The van der Waals surface area contributed by atoms with E-state index in [9.17, 15) is 4.79 Å². The SMILES string of the molecule is O=C(Nc1ccccc1)Nc1ccc(Nc2ccccc2Cl)cn1. The minimum absolute atomic E-state index is 0.347. The van der Waals surface area contributed by atoms with Crippen LogP contribution in [0.3, 0.4) is 0 Å². The Morgan fingerprint density at radius 1 is 0.833 bits per heavy atom. The molecule has 1 aromatic heterocycles. The van der Waals surface area contributed by atoms with E-state index in [4.69, 9.17) is 11.6 Å². The molecule has 3 rings (SSSR count). The first kappa shape index (κ1) is 15.8. The van der Waals surface area contributed by atoms with Gasteiger partial charge in [-0.1, -0.05) is 41.9 Å². The number of carbonyl (C=O) groups is 1. The molecule has 24 heavy (non-hydrogen) atoms. The maximum Gasteiger partial charge on any atom is 0.324 e. The number of benzene rings is 2. The molecule has 2 aromatic carbocycles. The van der Waals surface area contributed by atoms with Crippen molar-refractivity contribution in [2.24, 2.45) is 0 Å². The van der Waals surface area contributed by atoms with Crippen LogP contribution in [-0.4, -0.2) is 11.0 Å². The van der Waals surface area contributed by atoms with Crippen molar-refractivity contribution in [3.63, 3.8) is 0 Å². The van der Waals surface area contributed by atoms with Gasteiger partial charge in [0.1, 0.15) is 5.82 Å². The zero-order valence-corrected chi connectivity index (χ0v) is 13.4. The molecule has 0 aliphatic carbocycles. The van der Waals surface area contributed by atoms with Crippen molar-refractivity contribution in [1.29, 1.82) is 0 Å². The number of halogens is 1. The Morgan fingerprint density at radius 3 is 2.29 bits per heavy atom. The van der Waals surface area contributed by atoms with Crippen LogP contribution in [0.15, 0.2) is 72.9 Å². The number of nitrogens with one attached hydrogen (secondary N) is 3. The second kappa shape index (κ2) is 7.48. The molecule has 6 heteroatoms. The largest absolute Gasteiger partial charge is 0.353 e. The van der Waals surface area contributed by atoms with Crippen molar-refractivity contribution < 1.29 is 4.79 Å². The average Bonchev–Trinajstić information content (AvgIpc) is 2.59. The number of nitrogens with zero attached hydrogens (tertiary/aromatic N) is 1. The van der Waals surface area contributed by atoms with Crippen LogP contribution in [0.4, 0.5) is 27.7 Å². The van der Waals surface area contributed by atoms with Crippen LogP contribution in [-0.2, 0) is 0 Å². The second-order valence-corrected chi connectivity index (χ2v) is 5.39. The standard InChI is InChI=1S/C18H15ClN4O/c19-15-8-4-5-9-16(15)21-14-10-11-17(20-12-14)23-18(24)22-13-6-2-1-3-7-13/h1-12,21H,(H2,20,22,23,24). The van der Waals surface area contributed by atoms with Gasteiger partial charge in [0.25, 0.3) is 0 Å². The van der Waals surface area contributed by atoms with Gasteiger partial charge in [-0.25, -0.2) is 9.78 Å². The minimum Gasteiger partial charge on any atom is -0.353 e. The predicted molar refractivity (Wildman–Crippen MR) is 98.1 cm³/mol. The lowest BCUT2D eigenvalue weighted by molar-refractivity contribution is 0.262. The van der Waals surface area contributed by atoms with Gasteiger partial charge in [0.2, 0.25) is 0 Å². The van der Waals surface area contributed by atoms with E-state index in [0.29, 0.717) is 16.5 Å². The van der Waals surface area contributed by atoms with Gasteiger partial charge in [0.15, 0.2) is 0 Å². The third kappa shape index (κ3) is 4.24. The normalized spacial score (nSPS) is 10.0. The van der Waals surface area contributed by atoms with Crippen molar-refractivity contribution in [2.45, 2.75) is 0 Å². The molecule has 0 spiro atoms. The lowest BCUT2D eigenvalue weighted by atomic mass is 10.3. The van der Waals surface area contributed by atoms with Crippen LogP contribution in [0.5, 0.6) is 0 Å². The summed E-state index contributed by atoms with van der Waals surface area (Å²) in [6.45, 7) is 0. The summed E-state index contributed by atoms with van der Waals surface area (Å²) in [5.74, 6) is 0.452. The molecular formula is C18H15ClN4O. The number of hydrogen-bond donors (Lipinski definition) is 3. The highest BCUT2D eigenvalue weighted by atomic mass is 35.5. The Balaban J connectivity index is 1.60. The molecule has 5 nitrogen and oxygen atoms in total. The van der Waals surface area contributed by atoms with Crippen molar-refractivity contribution >= 4 is 40.5 Å². The van der Waals surface area contributed by atoms with Crippen molar-refractivity contribution in [3.05, 3.63) is 77.9 Å². The molecule has 0 unspecified atom stereocenters. The highest BCUT2D eigenvalue weighted by Crippen LogP contribution is 2.24. The van der Waals surface area contributed by atoms with Crippen LogP contribution in [0, 0.1) is 0 Å². The summed E-state index contributed by atoms with van der Waals surface area (Å²) in [6, 6.07) is 19.8. The van der Waals surface area contributed by atoms with E-state index >= 15 is 0 Å². The number of anilines is 4. The highest BCUT2D eigenvalue weighted by Gasteiger charge is 2.04. The van der Waals surface area contributed by atoms with Gasteiger partial charge in [-0.15, -0.1) is 0 Å². The number of pyridine rings is 1. The van der Waals surface area contributed by atoms with Crippen LogP contribution in [0.2, 0.25) is 5.02 Å². The van der Waals surface area contributed by atoms with Crippen LogP contribution >= 0.6 is 11.6 Å². The fourth-order valence-electron chi connectivity index (χ4n) is 2.06. The number of urea groups is 1. The maximum absolute atomic E-state index is 11.9. The van der Waals surface area contributed by atoms with Gasteiger partial charge in [-0.2, -0.15) is 0 Å². The molecule has 0 bridgehead atoms. The summed E-state index contributed by atoms with van der Waals surface area (Å²) in [6.07, 6.45) is 1.63. The molecule has 3 aromatic rings. The van der Waals surface area contributed by atoms with E-state index in [0.717, 1.165) is 11.4 Å². The fourth-order valence-corrected chi connectivity index (χ4v) is 2.24. The predicted octanol–water partition coefficient (Wildman–Crippen LogP) is 5.12. The quantitative estimate of drug-likeness (QED) is 0.618. The van der Waals surface area contributed by atoms with Crippen molar-refractivity contribution in [2.75, 3.05) is 16.0 Å². The highest BCUT2D eigenvalue weighted by molar-refractivity contribution is 6.33. The molecule has 0 aliphatic rings. The molecular weight excluding hydrogens is 324 g/mol. The van der Waals surface area contributed by atoms with Gasteiger partial charge in [-0.3, -0.25) is 5.32 Å². The molecule has 120 valence electrons. The second-order valence-electron chi connectivity index (χ2n) is 4.98. The maximum atomic E-state index is 11.9. The van der Waals surface area contributed by atoms with E-state index in [1.807, 2.05) is 54.6 Å². The smallest absolute Gasteiger partial charge is 0.324 e. The van der Waals surface area contributed by atoms with Gasteiger partial charge < -0.3 is 10.6 Å². The van der Waals surface area contributed by atoms with Gasteiger partial charge in [0, 0.05) is 5.69 Å². The molecule has 1 heterocycles. The van der Waals surface area contributed by atoms with Crippen molar-refractivity contribution in [3.8, 4) is 0 Å². The van der Waals surface area contributed by atoms with E-state index < -0.39 is 0 Å². The first-order chi connectivity index (χ1) is 11.7. The van der Waals surface area contributed by atoms with Gasteiger partial charge in [0.05, 0.1) is 22.6 Å². The lowest BCUT2D eigenvalue weighted by Gasteiger charge is -2.09. The topological polar surface area (TPSA) is 66.1 Å². The minimum atomic E-state index is -0.347. The number of hydrogen-bond acceptors (Lipinski definition) is 3. The Bertz CT molecular complexity index is 822. The fraction of sp³-hybridized carbons (Fsp3) is 0. The Kier molecular flexibility index (Phi) is 4.93. The lowest BCUT2D eigenvalue weighted by Crippen LogP contribution is -2.19. The van der Waals surface area contributed by atoms with Gasteiger partial charge >= 0.3 is 6.03 Å². The summed E-state index contributed by atoms with van der Waals surface area (Å²) in [7, 11) is 0. The number of para-hydroxylation sites is 2. The van der Waals surface area contributed by atoms with Crippen LogP contribution < -0.4 is 16.0 Å². The molecule has 0 saturated heterocycles. The monoisotopic (exact) mass is 338 g/mol.